The second-order valence-electron chi connectivity index (χ2n) is 6.48. The molecule has 2 aromatic rings. The van der Waals surface area contributed by atoms with Gasteiger partial charge in [0.1, 0.15) is 5.82 Å². The van der Waals surface area contributed by atoms with Gasteiger partial charge in [0, 0.05) is 25.3 Å². The zero-order chi connectivity index (χ0) is 18.4. The number of aromatic nitrogens is 1. The van der Waals surface area contributed by atoms with E-state index in [-0.39, 0.29) is 6.04 Å². The van der Waals surface area contributed by atoms with Crippen molar-refractivity contribution in [1.82, 2.24) is 9.88 Å². The van der Waals surface area contributed by atoms with Gasteiger partial charge >= 0.3 is 5.97 Å². The number of rotatable bonds is 6. The Balaban J connectivity index is 1.60. The molecular weight excluding hydrogens is 350 g/mol. The van der Waals surface area contributed by atoms with Crippen LogP contribution >= 0.6 is 11.6 Å². The zero-order valence-corrected chi connectivity index (χ0v) is 15.7. The van der Waals surface area contributed by atoms with Gasteiger partial charge < -0.3 is 10.1 Å². The second kappa shape index (κ2) is 9.01. The fourth-order valence-electron chi connectivity index (χ4n) is 3.22. The van der Waals surface area contributed by atoms with E-state index in [0.717, 1.165) is 32.5 Å². The molecule has 1 fully saturated rings. The van der Waals surface area contributed by atoms with Crippen molar-refractivity contribution in [1.29, 1.82) is 0 Å². The summed E-state index contributed by atoms with van der Waals surface area (Å²) in [7, 11) is 0. The number of nitrogens with one attached hydrogen (secondary N) is 1. The van der Waals surface area contributed by atoms with E-state index in [9.17, 15) is 4.79 Å². The number of piperidine rings is 1. The first kappa shape index (κ1) is 18.7. The Labute approximate surface area is 159 Å². The van der Waals surface area contributed by atoms with Crippen LogP contribution in [-0.2, 0) is 11.3 Å². The molecule has 1 aromatic heterocycles. The first-order chi connectivity index (χ1) is 12.7. The third-order valence-corrected chi connectivity index (χ3v) is 4.74. The number of carbonyl (C=O) groups is 1. The molecule has 138 valence electrons. The van der Waals surface area contributed by atoms with E-state index in [1.807, 2.05) is 6.07 Å². The molecule has 2 heterocycles. The van der Waals surface area contributed by atoms with Crippen LogP contribution in [0.3, 0.4) is 0 Å². The van der Waals surface area contributed by atoms with Crippen LogP contribution in [0.15, 0.2) is 42.6 Å². The highest BCUT2D eigenvalue weighted by Gasteiger charge is 2.21. The van der Waals surface area contributed by atoms with Gasteiger partial charge in [0.05, 0.1) is 17.2 Å². The molecule has 1 aliphatic rings. The summed E-state index contributed by atoms with van der Waals surface area (Å²) in [5.74, 6) is 0.214. The lowest BCUT2D eigenvalue weighted by Crippen LogP contribution is -2.41. The minimum atomic E-state index is -0.403. The van der Waals surface area contributed by atoms with Crippen LogP contribution < -0.4 is 5.32 Å². The number of nitrogens with zero attached hydrogens (tertiary/aromatic N) is 2. The number of hydrogen-bond donors (Lipinski definition) is 1. The molecule has 3 rings (SSSR count). The number of esters is 1. The average molecular weight is 374 g/mol. The van der Waals surface area contributed by atoms with Gasteiger partial charge in [-0.25, -0.2) is 9.78 Å². The molecule has 0 spiro atoms. The van der Waals surface area contributed by atoms with Crippen LogP contribution in [0.2, 0.25) is 5.02 Å². The van der Waals surface area contributed by atoms with E-state index in [0.29, 0.717) is 23.0 Å². The quantitative estimate of drug-likeness (QED) is 0.776. The predicted octanol–water partition coefficient (Wildman–Crippen LogP) is 3.99. The molecule has 1 N–H and O–H groups in total. The minimum absolute atomic E-state index is 0.283. The first-order valence-electron chi connectivity index (χ1n) is 9.01. The van der Waals surface area contributed by atoms with Gasteiger partial charge in [-0.3, -0.25) is 4.90 Å². The molecule has 0 radical (unpaired) electrons. The average Bonchev–Trinajstić information content (AvgIpc) is 2.65. The van der Waals surface area contributed by atoms with Gasteiger partial charge in [0.25, 0.3) is 0 Å². The Bertz CT molecular complexity index is 739. The summed E-state index contributed by atoms with van der Waals surface area (Å²) in [4.78, 5) is 18.5. The molecule has 5 nitrogen and oxygen atoms in total. The van der Waals surface area contributed by atoms with Gasteiger partial charge in [-0.2, -0.15) is 0 Å². The van der Waals surface area contributed by atoms with Crippen molar-refractivity contribution in [2.45, 2.75) is 32.4 Å². The normalized spacial score (nSPS) is 17.7. The zero-order valence-electron chi connectivity index (χ0n) is 15.0. The van der Waals surface area contributed by atoms with Crippen molar-refractivity contribution in [2.24, 2.45) is 0 Å². The fourth-order valence-corrected chi connectivity index (χ4v) is 3.44. The number of benzene rings is 1. The molecule has 1 aliphatic heterocycles. The lowest BCUT2D eigenvalue weighted by Gasteiger charge is -2.33. The lowest BCUT2D eigenvalue weighted by molar-refractivity contribution is 0.0526. The summed E-state index contributed by atoms with van der Waals surface area (Å²) >= 11 is 6.31. The molecular formula is C20H24ClN3O2. The number of halogens is 1. The number of pyridine rings is 1. The third kappa shape index (κ3) is 4.96. The Morgan fingerprint density at radius 3 is 2.92 bits per heavy atom. The van der Waals surface area contributed by atoms with Crippen LogP contribution in [0, 0.1) is 0 Å². The van der Waals surface area contributed by atoms with E-state index >= 15 is 0 Å². The molecule has 1 saturated heterocycles. The monoisotopic (exact) mass is 373 g/mol. The summed E-state index contributed by atoms with van der Waals surface area (Å²) in [5, 5.41) is 3.87. The van der Waals surface area contributed by atoms with Crippen LogP contribution in [0.25, 0.3) is 0 Å². The van der Waals surface area contributed by atoms with Gasteiger partial charge in [-0.1, -0.05) is 41.9 Å². The molecule has 0 aliphatic carbocycles. The van der Waals surface area contributed by atoms with Crippen molar-refractivity contribution in [3.8, 4) is 0 Å². The van der Waals surface area contributed by atoms with Gasteiger partial charge in [-0.15, -0.1) is 0 Å². The molecule has 1 aromatic carbocycles. The van der Waals surface area contributed by atoms with Crippen molar-refractivity contribution in [3.05, 3.63) is 58.7 Å². The number of carbonyl (C=O) groups excluding carboxylic acids is 1. The van der Waals surface area contributed by atoms with Crippen LogP contribution in [0.5, 0.6) is 0 Å². The van der Waals surface area contributed by atoms with Crippen LogP contribution in [0.1, 0.15) is 35.7 Å². The minimum Gasteiger partial charge on any atom is -0.462 e. The third-order valence-electron chi connectivity index (χ3n) is 4.45. The maximum Gasteiger partial charge on any atom is 0.339 e. The summed E-state index contributed by atoms with van der Waals surface area (Å²) < 4.78 is 4.98. The van der Waals surface area contributed by atoms with Crippen molar-refractivity contribution in [2.75, 3.05) is 25.0 Å². The molecule has 0 amide bonds. The summed E-state index contributed by atoms with van der Waals surface area (Å²) in [6.45, 7) is 5.08. The van der Waals surface area contributed by atoms with Crippen LogP contribution in [-0.4, -0.2) is 41.6 Å². The van der Waals surface area contributed by atoms with Crippen molar-refractivity contribution < 1.29 is 9.53 Å². The Morgan fingerprint density at radius 2 is 2.19 bits per heavy atom. The highest BCUT2D eigenvalue weighted by atomic mass is 35.5. The van der Waals surface area contributed by atoms with E-state index in [1.165, 1.54) is 11.8 Å². The smallest absolute Gasteiger partial charge is 0.339 e. The highest BCUT2D eigenvalue weighted by Crippen LogP contribution is 2.24. The largest absolute Gasteiger partial charge is 0.462 e. The van der Waals surface area contributed by atoms with E-state index in [1.54, 1.807) is 13.0 Å². The first-order valence-corrected chi connectivity index (χ1v) is 9.39. The topological polar surface area (TPSA) is 54.5 Å². The van der Waals surface area contributed by atoms with Crippen LogP contribution in [0.4, 0.5) is 5.82 Å². The van der Waals surface area contributed by atoms with E-state index < -0.39 is 5.97 Å². The second-order valence-corrected chi connectivity index (χ2v) is 6.89. The lowest BCUT2D eigenvalue weighted by atomic mass is 10.0. The molecule has 26 heavy (non-hydrogen) atoms. The standard InChI is InChI=1S/C20H24ClN3O2/c1-2-26-20(25)16-11-18(21)19(22-12-16)23-17-9-6-10-24(14-17)13-15-7-4-3-5-8-15/h3-5,7-8,11-12,17H,2,6,9-10,13-14H2,1H3,(H,22,23)/t17-/m1/s1. The number of ether oxygens (including phenoxy) is 1. The highest BCUT2D eigenvalue weighted by molar-refractivity contribution is 6.33. The Hall–Kier alpha value is -2.11. The van der Waals surface area contributed by atoms with Crippen molar-refractivity contribution in [3.63, 3.8) is 0 Å². The number of hydrogen-bond acceptors (Lipinski definition) is 5. The Kier molecular flexibility index (Phi) is 6.47. The molecule has 6 heteroatoms. The fraction of sp³-hybridized carbons (Fsp3) is 0.400. The number of anilines is 1. The summed E-state index contributed by atoms with van der Waals surface area (Å²) in [6.07, 6.45) is 3.71. The number of likely N-dealkylation sites (tertiary alicyclic amines) is 1. The van der Waals surface area contributed by atoms with Gasteiger partial charge in [0.15, 0.2) is 0 Å². The molecule has 1 atom stereocenters. The maximum absolute atomic E-state index is 11.8. The summed E-state index contributed by atoms with van der Waals surface area (Å²) in [5.41, 5.74) is 1.69. The SMILES string of the molecule is CCOC(=O)c1cnc(N[C@@H]2CCCN(Cc3ccccc3)C2)c(Cl)c1. The van der Waals surface area contributed by atoms with Gasteiger partial charge in [-0.05, 0) is 37.9 Å². The molecule has 0 unspecified atom stereocenters. The molecule has 0 bridgehead atoms. The maximum atomic E-state index is 11.8. The Morgan fingerprint density at radius 1 is 1.38 bits per heavy atom. The van der Waals surface area contributed by atoms with Gasteiger partial charge in [0.2, 0.25) is 0 Å². The van der Waals surface area contributed by atoms with E-state index in [4.69, 9.17) is 16.3 Å². The molecule has 0 saturated carbocycles. The summed E-state index contributed by atoms with van der Waals surface area (Å²) in [6, 6.07) is 12.4. The predicted molar refractivity (Wildman–Crippen MR) is 104 cm³/mol. The van der Waals surface area contributed by atoms with E-state index in [2.05, 4.69) is 39.5 Å². The van der Waals surface area contributed by atoms with Crippen molar-refractivity contribution >= 4 is 23.4 Å².